The molecule has 0 amide bonds. The topological polar surface area (TPSA) is 59.4 Å². The predicted octanol–water partition coefficient (Wildman–Crippen LogP) is 5.89. The molecule has 0 bridgehead atoms. The second kappa shape index (κ2) is 9.23. The van der Waals surface area contributed by atoms with Crippen LogP contribution in [0.5, 0.6) is 5.75 Å². The van der Waals surface area contributed by atoms with Crippen molar-refractivity contribution in [2.24, 2.45) is 0 Å². The second-order valence-corrected chi connectivity index (χ2v) is 8.25. The highest BCUT2D eigenvalue weighted by atomic mass is 32.1. The van der Waals surface area contributed by atoms with Gasteiger partial charge in [0.05, 0.1) is 5.69 Å². The molecule has 0 saturated carbocycles. The molecule has 0 aliphatic heterocycles. The summed E-state index contributed by atoms with van der Waals surface area (Å²) in [5.74, 6) is 0.0572. The molecule has 0 aliphatic carbocycles. The fraction of sp³-hybridized carbons (Fsp3) is 0.333. The van der Waals surface area contributed by atoms with Gasteiger partial charge in [-0.15, -0.1) is 0 Å². The lowest BCUT2D eigenvalue weighted by Crippen LogP contribution is -2.03. The molecule has 0 spiro atoms. The highest BCUT2D eigenvalue weighted by Crippen LogP contribution is 2.31. The van der Waals surface area contributed by atoms with Crippen LogP contribution in [0, 0.1) is 20.8 Å². The second-order valence-electron chi connectivity index (χ2n) is 7.27. The third-order valence-electron chi connectivity index (χ3n) is 5.45. The van der Waals surface area contributed by atoms with Gasteiger partial charge >= 0.3 is 5.97 Å². The molecule has 0 saturated heterocycles. The third kappa shape index (κ3) is 4.85. The number of benzene rings is 2. The van der Waals surface area contributed by atoms with E-state index in [2.05, 4.69) is 42.5 Å². The quantitative estimate of drug-likeness (QED) is 0.504. The normalized spacial score (nSPS) is 10.9. The summed E-state index contributed by atoms with van der Waals surface area (Å²) in [6.45, 7) is 8.74. The zero-order valence-electron chi connectivity index (χ0n) is 17.4. The number of aryl methyl sites for hydroxylation is 3. The number of ether oxygens (including phenoxy) is 1. The number of carboxylic acids is 1. The van der Waals surface area contributed by atoms with Gasteiger partial charge in [-0.25, -0.2) is 0 Å². The van der Waals surface area contributed by atoms with E-state index in [1.165, 1.54) is 17.1 Å². The minimum absolute atomic E-state index is 0.139. The van der Waals surface area contributed by atoms with Crippen LogP contribution in [0.1, 0.15) is 46.0 Å². The number of carbonyl (C=O) groups is 1. The molecule has 0 unspecified atom stereocenters. The Labute approximate surface area is 176 Å². The Bertz CT molecular complexity index is 1010. The predicted molar refractivity (Wildman–Crippen MR) is 118 cm³/mol. The van der Waals surface area contributed by atoms with Gasteiger partial charge in [0.15, 0.2) is 0 Å². The summed E-state index contributed by atoms with van der Waals surface area (Å²) in [6, 6.07) is 12.5. The van der Waals surface area contributed by atoms with Gasteiger partial charge < -0.3 is 9.84 Å². The summed E-state index contributed by atoms with van der Waals surface area (Å²) in [4.78, 5) is 12.0. The lowest BCUT2D eigenvalue weighted by Gasteiger charge is -2.15. The Morgan fingerprint density at radius 1 is 1.07 bits per heavy atom. The zero-order chi connectivity index (χ0) is 21.0. The van der Waals surface area contributed by atoms with Crippen LogP contribution in [0.2, 0.25) is 0 Å². The Hall–Kier alpha value is -2.66. The summed E-state index contributed by atoms with van der Waals surface area (Å²) in [6.07, 6.45) is 1.70. The summed E-state index contributed by atoms with van der Waals surface area (Å²) in [5.41, 5.74) is 7.74. The van der Waals surface area contributed by atoms with Gasteiger partial charge in [-0.3, -0.25) is 4.79 Å². The van der Waals surface area contributed by atoms with Gasteiger partial charge in [-0.1, -0.05) is 37.3 Å². The first-order chi connectivity index (χ1) is 13.9. The molecule has 0 fully saturated rings. The number of carboxylic acid groups (broad SMARTS) is 1. The van der Waals surface area contributed by atoms with E-state index >= 15 is 0 Å². The van der Waals surface area contributed by atoms with Crippen LogP contribution in [-0.2, 0) is 24.2 Å². The smallest absolute Gasteiger partial charge is 0.303 e. The summed E-state index contributed by atoms with van der Waals surface area (Å²) < 4.78 is 10.8. The molecule has 5 heteroatoms. The molecule has 29 heavy (non-hydrogen) atoms. The van der Waals surface area contributed by atoms with Crippen molar-refractivity contribution in [2.75, 3.05) is 0 Å². The van der Waals surface area contributed by atoms with E-state index in [0.717, 1.165) is 50.6 Å². The van der Waals surface area contributed by atoms with Crippen LogP contribution in [-0.4, -0.2) is 15.4 Å². The Morgan fingerprint density at radius 2 is 1.79 bits per heavy atom. The first kappa shape index (κ1) is 21.1. The van der Waals surface area contributed by atoms with Crippen molar-refractivity contribution in [1.29, 1.82) is 0 Å². The summed E-state index contributed by atoms with van der Waals surface area (Å²) >= 11 is 1.50. The molecule has 0 atom stereocenters. The number of aromatic nitrogens is 1. The van der Waals surface area contributed by atoms with E-state index in [9.17, 15) is 4.79 Å². The molecular formula is C24H27NO3S. The average molecular weight is 410 g/mol. The number of rotatable bonds is 8. The van der Waals surface area contributed by atoms with E-state index < -0.39 is 5.97 Å². The Kier molecular flexibility index (Phi) is 6.70. The highest BCUT2D eigenvalue weighted by molar-refractivity contribution is 7.06. The maximum Gasteiger partial charge on any atom is 0.303 e. The molecule has 1 heterocycles. The van der Waals surface area contributed by atoms with Crippen LogP contribution in [0.3, 0.4) is 0 Å². The van der Waals surface area contributed by atoms with Gasteiger partial charge in [-0.05, 0) is 73.5 Å². The monoisotopic (exact) mass is 409 g/mol. The van der Waals surface area contributed by atoms with E-state index in [0.29, 0.717) is 13.0 Å². The fourth-order valence-electron chi connectivity index (χ4n) is 3.36. The number of hydrogen-bond donors (Lipinski definition) is 1. The minimum Gasteiger partial charge on any atom is -0.489 e. The van der Waals surface area contributed by atoms with Gasteiger partial charge in [0.2, 0.25) is 0 Å². The highest BCUT2D eigenvalue weighted by Gasteiger charge is 2.15. The molecule has 1 aromatic heterocycles. The summed E-state index contributed by atoms with van der Waals surface area (Å²) in [7, 11) is 0. The van der Waals surface area contributed by atoms with Crippen LogP contribution < -0.4 is 4.74 Å². The van der Waals surface area contributed by atoms with Gasteiger partial charge in [0, 0.05) is 22.4 Å². The van der Waals surface area contributed by atoms with Crippen molar-refractivity contribution in [3.63, 3.8) is 0 Å². The van der Waals surface area contributed by atoms with Crippen molar-refractivity contribution < 1.29 is 14.6 Å². The number of hydrogen-bond acceptors (Lipinski definition) is 4. The molecular weight excluding hydrogens is 382 g/mol. The van der Waals surface area contributed by atoms with E-state index in [4.69, 9.17) is 9.84 Å². The van der Waals surface area contributed by atoms with Crippen molar-refractivity contribution in [3.8, 4) is 17.0 Å². The molecule has 3 rings (SSSR count). The number of nitrogens with zero attached hydrogens (tertiary/aromatic N) is 1. The van der Waals surface area contributed by atoms with Crippen molar-refractivity contribution in [3.05, 3.63) is 69.1 Å². The molecule has 0 radical (unpaired) electrons. The van der Waals surface area contributed by atoms with Crippen molar-refractivity contribution in [2.45, 2.75) is 53.6 Å². The van der Waals surface area contributed by atoms with Crippen LogP contribution >= 0.6 is 11.5 Å². The van der Waals surface area contributed by atoms with Gasteiger partial charge in [-0.2, -0.15) is 4.37 Å². The number of aliphatic carboxylic acids is 1. The van der Waals surface area contributed by atoms with Crippen LogP contribution in [0.4, 0.5) is 0 Å². The molecule has 4 nitrogen and oxygen atoms in total. The maximum atomic E-state index is 10.9. The minimum atomic E-state index is -0.776. The van der Waals surface area contributed by atoms with Crippen molar-refractivity contribution >= 4 is 17.5 Å². The Balaban J connectivity index is 1.79. The molecule has 152 valence electrons. The van der Waals surface area contributed by atoms with Gasteiger partial charge in [0.25, 0.3) is 0 Å². The van der Waals surface area contributed by atoms with E-state index in [1.54, 1.807) is 0 Å². The SMILES string of the molecule is CCc1ccc(-c2nsc(C)c2COc2ccc(CCC(=O)O)c(C)c2C)cc1. The lowest BCUT2D eigenvalue weighted by molar-refractivity contribution is -0.136. The van der Waals surface area contributed by atoms with E-state index in [1.807, 2.05) is 26.0 Å². The average Bonchev–Trinajstić information content (AvgIpc) is 3.08. The zero-order valence-corrected chi connectivity index (χ0v) is 18.2. The van der Waals surface area contributed by atoms with Crippen LogP contribution in [0.15, 0.2) is 36.4 Å². The largest absolute Gasteiger partial charge is 0.489 e. The molecule has 1 N–H and O–H groups in total. The van der Waals surface area contributed by atoms with Gasteiger partial charge in [0.1, 0.15) is 12.4 Å². The standard InChI is InChI=1S/C24H27NO3S/c1-5-18-6-8-20(9-7-18)24-21(17(4)29-25-24)14-28-22-12-10-19(11-13-23(26)27)15(2)16(22)3/h6-10,12H,5,11,13-14H2,1-4H3,(H,26,27). The lowest BCUT2D eigenvalue weighted by atomic mass is 9.99. The molecule has 0 aliphatic rings. The summed E-state index contributed by atoms with van der Waals surface area (Å²) in [5, 5.41) is 8.92. The maximum absolute atomic E-state index is 10.9. The van der Waals surface area contributed by atoms with Crippen molar-refractivity contribution in [1.82, 2.24) is 4.37 Å². The third-order valence-corrected chi connectivity index (χ3v) is 6.24. The fourth-order valence-corrected chi connectivity index (χ4v) is 4.07. The first-order valence-corrected chi connectivity index (χ1v) is 10.7. The van der Waals surface area contributed by atoms with Crippen LogP contribution in [0.25, 0.3) is 11.3 Å². The molecule has 3 aromatic rings. The van der Waals surface area contributed by atoms with E-state index in [-0.39, 0.29) is 6.42 Å². The first-order valence-electron chi connectivity index (χ1n) is 9.88. The Morgan fingerprint density at radius 3 is 2.45 bits per heavy atom. The molecule has 2 aromatic carbocycles.